The maximum atomic E-state index is 13.5. The van der Waals surface area contributed by atoms with Crippen LogP contribution in [0.25, 0.3) is 27.2 Å². The van der Waals surface area contributed by atoms with Crippen molar-refractivity contribution >= 4 is 38.9 Å². The summed E-state index contributed by atoms with van der Waals surface area (Å²) in [5.74, 6) is 0.307. The van der Waals surface area contributed by atoms with E-state index in [1.807, 2.05) is 59.2 Å². The molecule has 0 aliphatic heterocycles. The molecule has 6 nitrogen and oxygen atoms in total. The van der Waals surface area contributed by atoms with Crippen LogP contribution in [-0.2, 0) is 6.54 Å². The first-order chi connectivity index (χ1) is 17.1. The molecule has 0 radical (unpaired) electrons. The van der Waals surface area contributed by atoms with Crippen molar-refractivity contribution in [3.8, 4) is 17.5 Å². The zero-order chi connectivity index (χ0) is 24.2. The van der Waals surface area contributed by atoms with Crippen molar-refractivity contribution in [3.63, 3.8) is 0 Å². The summed E-state index contributed by atoms with van der Waals surface area (Å²) in [7, 11) is 0. The fraction of sp³-hybridized carbons (Fsp3) is 0.0769. The molecule has 5 rings (SSSR count). The van der Waals surface area contributed by atoms with Crippen molar-refractivity contribution < 1.29 is 9.50 Å². The molecule has 0 aliphatic carbocycles. The number of aliphatic hydroxyl groups excluding tert-OH is 1. The van der Waals surface area contributed by atoms with Gasteiger partial charge in [-0.1, -0.05) is 54.2 Å². The highest BCUT2D eigenvalue weighted by atomic mass is 32.2. The van der Waals surface area contributed by atoms with Crippen LogP contribution >= 0.6 is 23.1 Å². The Morgan fingerprint density at radius 2 is 1.74 bits per heavy atom. The minimum Gasteiger partial charge on any atom is -0.510 e. The van der Waals surface area contributed by atoms with Crippen LogP contribution in [0.4, 0.5) is 4.39 Å². The molecule has 0 saturated heterocycles. The first-order valence-corrected chi connectivity index (χ1v) is 12.5. The fourth-order valence-corrected chi connectivity index (χ4v) is 5.33. The number of aromatic nitrogens is 4. The van der Waals surface area contributed by atoms with E-state index in [0.717, 1.165) is 21.3 Å². The van der Waals surface area contributed by atoms with Gasteiger partial charge in [0, 0.05) is 5.56 Å². The number of nitriles is 1. The summed E-state index contributed by atoms with van der Waals surface area (Å²) in [6, 6.07) is 25.6. The van der Waals surface area contributed by atoms with Crippen LogP contribution in [0.1, 0.15) is 10.6 Å². The molecule has 0 unspecified atom stereocenters. The lowest BCUT2D eigenvalue weighted by Gasteiger charge is -2.11. The number of nitrogens with zero attached hydrogens (tertiary/aromatic N) is 5. The van der Waals surface area contributed by atoms with Gasteiger partial charge in [-0.2, -0.15) is 5.26 Å². The molecule has 5 aromatic rings. The van der Waals surface area contributed by atoms with Crippen molar-refractivity contribution in [1.82, 2.24) is 19.7 Å². The standard InChI is InChI=1S/C26H18FN5OS2/c27-19-12-10-18(11-13-19)24-30-31-26(32(24)15-17-6-2-1-3-7-17)34-16-22(33)20(14-28)25-29-21-8-4-5-9-23(21)35-25/h1-13,33H,15-16H2/b22-20-. The number of fused-ring (bicyclic) bond motifs is 1. The van der Waals surface area contributed by atoms with Gasteiger partial charge in [0.05, 0.1) is 22.5 Å². The van der Waals surface area contributed by atoms with Gasteiger partial charge < -0.3 is 5.11 Å². The summed E-state index contributed by atoms with van der Waals surface area (Å²) < 4.78 is 16.3. The Labute approximate surface area is 209 Å². The highest BCUT2D eigenvalue weighted by Crippen LogP contribution is 2.31. The van der Waals surface area contributed by atoms with Crippen LogP contribution in [-0.4, -0.2) is 30.6 Å². The predicted octanol–water partition coefficient (Wildman–Crippen LogP) is 6.33. The molecular formula is C26H18FN5OS2. The summed E-state index contributed by atoms with van der Waals surface area (Å²) in [6.45, 7) is 0.496. The van der Waals surface area contributed by atoms with Crippen molar-refractivity contribution in [1.29, 1.82) is 5.26 Å². The number of benzene rings is 3. The van der Waals surface area contributed by atoms with Gasteiger partial charge in [-0.05, 0) is 42.0 Å². The topological polar surface area (TPSA) is 87.6 Å². The Kier molecular flexibility index (Phi) is 6.57. The van der Waals surface area contributed by atoms with E-state index in [1.165, 1.54) is 35.2 Å². The number of aliphatic hydroxyl groups is 1. The third kappa shape index (κ3) is 4.94. The molecule has 9 heteroatoms. The molecule has 0 atom stereocenters. The molecule has 2 heterocycles. The van der Waals surface area contributed by atoms with Crippen molar-refractivity contribution in [2.45, 2.75) is 11.7 Å². The number of thioether (sulfide) groups is 1. The average Bonchev–Trinajstić information content (AvgIpc) is 3.48. The Morgan fingerprint density at radius 1 is 1.00 bits per heavy atom. The van der Waals surface area contributed by atoms with E-state index in [0.29, 0.717) is 22.5 Å². The van der Waals surface area contributed by atoms with E-state index in [-0.39, 0.29) is 22.9 Å². The molecule has 0 bridgehead atoms. The molecule has 35 heavy (non-hydrogen) atoms. The maximum Gasteiger partial charge on any atom is 0.192 e. The highest BCUT2D eigenvalue weighted by Gasteiger charge is 2.18. The lowest BCUT2D eigenvalue weighted by atomic mass is 10.2. The largest absolute Gasteiger partial charge is 0.510 e. The highest BCUT2D eigenvalue weighted by molar-refractivity contribution is 7.99. The first-order valence-electron chi connectivity index (χ1n) is 10.7. The molecule has 0 aliphatic rings. The minimum atomic E-state index is -0.327. The second kappa shape index (κ2) is 10.1. The minimum absolute atomic E-state index is 0.0749. The molecule has 0 fully saturated rings. The predicted molar refractivity (Wildman–Crippen MR) is 136 cm³/mol. The monoisotopic (exact) mass is 499 g/mol. The van der Waals surface area contributed by atoms with Crippen molar-refractivity contribution in [3.05, 3.63) is 101 Å². The Hall–Kier alpha value is -4.00. The summed E-state index contributed by atoms with van der Waals surface area (Å²) in [6.07, 6.45) is 0. The maximum absolute atomic E-state index is 13.5. The second-order valence-electron chi connectivity index (χ2n) is 7.59. The van der Waals surface area contributed by atoms with Crippen molar-refractivity contribution in [2.75, 3.05) is 5.75 Å². The van der Waals surface area contributed by atoms with Crippen LogP contribution in [0.2, 0.25) is 0 Å². The third-order valence-electron chi connectivity index (χ3n) is 5.25. The molecule has 0 spiro atoms. The van der Waals surface area contributed by atoms with E-state index in [4.69, 9.17) is 0 Å². The molecule has 1 N–H and O–H groups in total. The zero-order valence-electron chi connectivity index (χ0n) is 18.3. The zero-order valence-corrected chi connectivity index (χ0v) is 19.9. The van der Waals surface area contributed by atoms with E-state index in [9.17, 15) is 14.8 Å². The molecule has 0 saturated carbocycles. The van der Waals surface area contributed by atoms with Gasteiger partial charge in [-0.3, -0.25) is 4.57 Å². The quantitative estimate of drug-likeness (QED) is 0.160. The van der Waals surface area contributed by atoms with Crippen LogP contribution in [0, 0.1) is 17.1 Å². The lowest BCUT2D eigenvalue weighted by molar-refractivity contribution is 0.420. The molecule has 3 aromatic carbocycles. The van der Waals surface area contributed by atoms with Gasteiger partial charge in [-0.15, -0.1) is 21.5 Å². The SMILES string of the molecule is N#C/C(=C(/O)CSc1nnc(-c2ccc(F)cc2)n1Cc1ccccc1)c1nc2ccccc2s1. The van der Waals surface area contributed by atoms with Gasteiger partial charge in [-0.25, -0.2) is 9.37 Å². The van der Waals surface area contributed by atoms with Crippen LogP contribution in [0.5, 0.6) is 0 Å². The van der Waals surface area contributed by atoms with Gasteiger partial charge in [0.25, 0.3) is 0 Å². The number of rotatable bonds is 7. The Bertz CT molecular complexity index is 1520. The normalized spacial score (nSPS) is 11.9. The lowest BCUT2D eigenvalue weighted by Crippen LogP contribution is -2.05. The van der Waals surface area contributed by atoms with Crippen molar-refractivity contribution in [2.24, 2.45) is 0 Å². The summed E-state index contributed by atoms with van der Waals surface area (Å²) >= 11 is 2.63. The molecule has 172 valence electrons. The van der Waals surface area contributed by atoms with Crippen LogP contribution in [0.15, 0.2) is 89.8 Å². The number of hydrogen-bond donors (Lipinski definition) is 1. The van der Waals surface area contributed by atoms with E-state index < -0.39 is 0 Å². The first kappa shape index (κ1) is 22.8. The Morgan fingerprint density at radius 3 is 2.49 bits per heavy atom. The number of halogens is 1. The third-order valence-corrected chi connectivity index (χ3v) is 7.28. The number of allylic oxidation sites excluding steroid dienone is 1. The van der Waals surface area contributed by atoms with E-state index in [1.54, 1.807) is 12.1 Å². The summed E-state index contributed by atoms with van der Waals surface area (Å²) in [5, 5.41) is 30.2. The number of para-hydroxylation sites is 1. The smallest absolute Gasteiger partial charge is 0.192 e. The van der Waals surface area contributed by atoms with Gasteiger partial charge in [0.15, 0.2) is 11.0 Å². The molecular weight excluding hydrogens is 481 g/mol. The van der Waals surface area contributed by atoms with Crippen LogP contribution in [0.3, 0.4) is 0 Å². The van der Waals surface area contributed by atoms with Gasteiger partial charge in [0.1, 0.15) is 28.2 Å². The fourth-order valence-electron chi connectivity index (χ4n) is 3.54. The van der Waals surface area contributed by atoms with E-state index >= 15 is 0 Å². The molecule has 2 aromatic heterocycles. The van der Waals surface area contributed by atoms with E-state index in [2.05, 4.69) is 21.3 Å². The second-order valence-corrected chi connectivity index (χ2v) is 9.57. The van der Waals surface area contributed by atoms with Crippen LogP contribution < -0.4 is 0 Å². The van der Waals surface area contributed by atoms with Gasteiger partial charge in [0.2, 0.25) is 0 Å². The average molecular weight is 500 g/mol. The number of hydrogen-bond acceptors (Lipinski definition) is 7. The Balaban J connectivity index is 1.46. The summed E-state index contributed by atoms with van der Waals surface area (Å²) in [4.78, 5) is 4.49. The summed E-state index contributed by atoms with van der Waals surface area (Å²) in [5.41, 5.74) is 2.71. The number of thiazole rings is 1. The molecule has 0 amide bonds. The van der Waals surface area contributed by atoms with Gasteiger partial charge >= 0.3 is 0 Å².